The Bertz CT molecular complexity index is 322. The number of benzene rings is 1. The first kappa shape index (κ1) is 6.97. The largest absolute Gasteiger partial charge is 0.454 e. The van der Waals surface area contributed by atoms with Crippen molar-refractivity contribution in [2.45, 2.75) is 0 Å². The highest BCUT2D eigenvalue weighted by atomic mass is 16.5. The lowest BCUT2D eigenvalue weighted by Gasteiger charge is -1.99. The summed E-state index contributed by atoms with van der Waals surface area (Å²) < 4.78 is 5.18. The molecule has 0 saturated carbocycles. The molecule has 2 rings (SSSR count). The molecule has 12 heavy (non-hydrogen) atoms. The summed E-state index contributed by atoms with van der Waals surface area (Å²) in [4.78, 5) is 0. The van der Waals surface area contributed by atoms with E-state index in [0.717, 1.165) is 5.56 Å². The number of hydrogen-bond donors (Lipinski definition) is 2. The van der Waals surface area contributed by atoms with Gasteiger partial charge in [0.1, 0.15) is 0 Å². The summed E-state index contributed by atoms with van der Waals surface area (Å²) in [5.41, 5.74) is 9.93. The van der Waals surface area contributed by atoms with Crippen LogP contribution in [0.5, 0.6) is 0 Å². The van der Waals surface area contributed by atoms with Crippen LogP contribution in [0, 0.1) is 0 Å². The number of ether oxygens (including phenoxy) is 1. The molecule has 1 heterocycles. The molecule has 0 amide bonds. The molecule has 0 aliphatic carbocycles. The minimum absolute atomic E-state index is 0.435. The molecule has 1 aromatic rings. The van der Waals surface area contributed by atoms with E-state index >= 15 is 0 Å². The van der Waals surface area contributed by atoms with Crippen molar-refractivity contribution in [2.75, 3.05) is 12.5 Å². The number of anilines is 1. The van der Waals surface area contributed by atoms with Crippen LogP contribution in [0.2, 0.25) is 0 Å². The summed E-state index contributed by atoms with van der Waals surface area (Å²) >= 11 is 0. The van der Waals surface area contributed by atoms with Crippen LogP contribution in [0.15, 0.2) is 29.4 Å². The van der Waals surface area contributed by atoms with Gasteiger partial charge >= 0.3 is 0 Å². The molecule has 0 fully saturated rings. The number of hydrazone groups is 1. The van der Waals surface area contributed by atoms with E-state index in [1.165, 1.54) is 0 Å². The molecule has 1 aliphatic heterocycles. The molecular weight excluding hydrogens is 154 g/mol. The average Bonchev–Trinajstić information content (AvgIpc) is 2.56. The second-order valence-electron chi connectivity index (χ2n) is 2.49. The molecule has 0 saturated heterocycles. The number of hydrogen-bond acceptors (Lipinski definition) is 4. The van der Waals surface area contributed by atoms with Crippen LogP contribution in [0.3, 0.4) is 0 Å². The summed E-state index contributed by atoms with van der Waals surface area (Å²) in [7, 11) is 0. The lowest BCUT2D eigenvalue weighted by atomic mass is 10.2. The first-order chi connectivity index (χ1) is 5.86. The zero-order chi connectivity index (χ0) is 8.39. The topological polar surface area (TPSA) is 59.6 Å². The maximum absolute atomic E-state index is 5.60. The van der Waals surface area contributed by atoms with Gasteiger partial charge in [0.25, 0.3) is 0 Å². The van der Waals surface area contributed by atoms with E-state index in [1.54, 1.807) is 0 Å². The van der Waals surface area contributed by atoms with Gasteiger partial charge in [-0.1, -0.05) is 6.07 Å². The zero-order valence-electron chi connectivity index (χ0n) is 6.45. The van der Waals surface area contributed by atoms with Crippen molar-refractivity contribution in [1.29, 1.82) is 0 Å². The van der Waals surface area contributed by atoms with Crippen molar-refractivity contribution >= 4 is 11.6 Å². The third kappa shape index (κ3) is 1.18. The smallest absolute Gasteiger partial charge is 0.239 e. The van der Waals surface area contributed by atoms with E-state index in [9.17, 15) is 0 Å². The van der Waals surface area contributed by atoms with E-state index in [1.807, 2.05) is 24.3 Å². The van der Waals surface area contributed by atoms with Gasteiger partial charge in [-0.25, -0.2) is 0 Å². The summed E-state index contributed by atoms with van der Waals surface area (Å²) in [6.07, 6.45) is 0. The molecule has 0 unspecified atom stereocenters. The first-order valence-corrected chi connectivity index (χ1v) is 3.65. The van der Waals surface area contributed by atoms with Crippen LogP contribution < -0.4 is 11.2 Å². The number of rotatable bonds is 1. The molecular formula is C8H9N3O. The predicted molar refractivity (Wildman–Crippen MR) is 46.5 cm³/mol. The van der Waals surface area contributed by atoms with Gasteiger partial charge < -0.3 is 10.5 Å². The molecule has 0 spiro atoms. The molecule has 4 nitrogen and oxygen atoms in total. The van der Waals surface area contributed by atoms with Gasteiger partial charge in [0.15, 0.2) is 6.73 Å². The van der Waals surface area contributed by atoms with E-state index in [4.69, 9.17) is 10.5 Å². The van der Waals surface area contributed by atoms with Gasteiger partial charge in [0.2, 0.25) is 5.90 Å². The lowest BCUT2D eigenvalue weighted by Crippen LogP contribution is -2.02. The zero-order valence-corrected chi connectivity index (χ0v) is 6.45. The Kier molecular flexibility index (Phi) is 1.59. The van der Waals surface area contributed by atoms with Gasteiger partial charge in [0, 0.05) is 11.3 Å². The van der Waals surface area contributed by atoms with Gasteiger partial charge in [-0.2, -0.15) is 0 Å². The normalized spacial score (nSPS) is 14.8. The van der Waals surface area contributed by atoms with Crippen molar-refractivity contribution in [1.82, 2.24) is 5.43 Å². The third-order valence-corrected chi connectivity index (χ3v) is 1.59. The third-order valence-electron chi connectivity index (χ3n) is 1.59. The minimum atomic E-state index is 0.435. The fraction of sp³-hybridized carbons (Fsp3) is 0.125. The van der Waals surface area contributed by atoms with Gasteiger partial charge in [-0.05, 0) is 18.2 Å². The fourth-order valence-corrected chi connectivity index (χ4v) is 1.06. The molecule has 0 radical (unpaired) electrons. The minimum Gasteiger partial charge on any atom is -0.454 e. The number of nitrogens with two attached hydrogens (primary N) is 1. The second kappa shape index (κ2) is 2.73. The molecule has 62 valence electrons. The van der Waals surface area contributed by atoms with E-state index < -0.39 is 0 Å². The molecule has 4 heteroatoms. The van der Waals surface area contributed by atoms with Crippen LogP contribution in [-0.4, -0.2) is 12.6 Å². The van der Waals surface area contributed by atoms with Gasteiger partial charge in [-0.3, -0.25) is 5.43 Å². The van der Waals surface area contributed by atoms with Crippen LogP contribution in [0.4, 0.5) is 5.69 Å². The number of nitrogens with zero attached hydrogens (tertiary/aromatic N) is 1. The summed E-state index contributed by atoms with van der Waals surface area (Å²) in [5.74, 6) is 0.599. The summed E-state index contributed by atoms with van der Waals surface area (Å²) in [5, 5.41) is 3.94. The van der Waals surface area contributed by atoms with Gasteiger partial charge in [-0.15, -0.1) is 5.10 Å². The van der Waals surface area contributed by atoms with E-state index in [-0.39, 0.29) is 0 Å². The summed E-state index contributed by atoms with van der Waals surface area (Å²) in [6.45, 7) is 0.435. The van der Waals surface area contributed by atoms with E-state index in [0.29, 0.717) is 18.3 Å². The quantitative estimate of drug-likeness (QED) is 0.593. The fourth-order valence-electron chi connectivity index (χ4n) is 1.06. The number of nitrogen functional groups attached to an aromatic ring is 1. The molecule has 0 atom stereocenters. The molecule has 3 N–H and O–H groups in total. The van der Waals surface area contributed by atoms with Crippen LogP contribution in [-0.2, 0) is 4.74 Å². The van der Waals surface area contributed by atoms with Crippen LogP contribution in [0.1, 0.15) is 5.56 Å². The SMILES string of the molecule is Nc1cccc(C2=NNCO2)c1. The van der Waals surface area contributed by atoms with Crippen LogP contribution in [0.25, 0.3) is 0 Å². The maximum atomic E-state index is 5.60. The second-order valence-corrected chi connectivity index (χ2v) is 2.49. The highest BCUT2D eigenvalue weighted by Crippen LogP contribution is 2.09. The highest BCUT2D eigenvalue weighted by molar-refractivity contribution is 5.95. The van der Waals surface area contributed by atoms with Crippen molar-refractivity contribution in [2.24, 2.45) is 5.10 Å². The lowest BCUT2D eigenvalue weighted by molar-refractivity contribution is 0.316. The molecule has 0 bridgehead atoms. The maximum Gasteiger partial charge on any atom is 0.239 e. The Hall–Kier alpha value is -1.71. The monoisotopic (exact) mass is 163 g/mol. The summed E-state index contributed by atoms with van der Waals surface area (Å²) in [6, 6.07) is 7.43. The van der Waals surface area contributed by atoms with Gasteiger partial charge in [0.05, 0.1) is 0 Å². The Morgan fingerprint density at radius 2 is 2.42 bits per heavy atom. The van der Waals surface area contributed by atoms with Crippen LogP contribution >= 0.6 is 0 Å². The highest BCUT2D eigenvalue weighted by Gasteiger charge is 2.08. The first-order valence-electron chi connectivity index (χ1n) is 3.65. The standard InChI is InChI=1S/C8H9N3O/c9-7-3-1-2-6(4-7)8-11-10-5-12-8/h1-4,10H,5,9H2. The molecule has 1 aliphatic rings. The average molecular weight is 163 g/mol. The van der Waals surface area contributed by atoms with Crippen molar-refractivity contribution in [3.63, 3.8) is 0 Å². The molecule has 1 aromatic carbocycles. The Labute approximate surface area is 70.0 Å². The van der Waals surface area contributed by atoms with Crippen molar-refractivity contribution < 1.29 is 4.74 Å². The number of nitrogens with one attached hydrogen (secondary N) is 1. The Balaban J connectivity index is 2.33. The van der Waals surface area contributed by atoms with Crippen molar-refractivity contribution in [3.05, 3.63) is 29.8 Å². The Morgan fingerprint density at radius 1 is 1.50 bits per heavy atom. The Morgan fingerprint density at radius 3 is 3.08 bits per heavy atom. The molecule has 0 aromatic heterocycles. The van der Waals surface area contributed by atoms with Crippen molar-refractivity contribution in [3.8, 4) is 0 Å². The van der Waals surface area contributed by atoms with E-state index in [2.05, 4.69) is 10.5 Å². The predicted octanol–water partition coefficient (Wildman–Crippen LogP) is 0.508.